The van der Waals surface area contributed by atoms with Crippen LogP contribution in [-0.2, 0) is 4.79 Å². The first-order valence-corrected chi connectivity index (χ1v) is 7.61. The molecule has 1 aliphatic rings. The van der Waals surface area contributed by atoms with Gasteiger partial charge in [0.25, 0.3) is 0 Å². The van der Waals surface area contributed by atoms with Crippen LogP contribution < -0.4 is 5.32 Å². The number of carbonyl (C=O) groups is 1. The van der Waals surface area contributed by atoms with Gasteiger partial charge in [0.05, 0.1) is 6.20 Å². The first kappa shape index (κ1) is 15.0. The quantitative estimate of drug-likeness (QED) is 0.813. The van der Waals surface area contributed by atoms with Crippen molar-refractivity contribution < 1.29 is 9.90 Å². The standard InChI is InChI=1S/C15H25N3O2/c1-11(2)18-10-12(9-16-18)14(15(19)20)17-13-7-5-3-4-6-8-13/h9-11,13-14,17H,3-8H2,1-2H3,(H,19,20). The van der Waals surface area contributed by atoms with Crippen molar-refractivity contribution in [2.75, 3.05) is 0 Å². The summed E-state index contributed by atoms with van der Waals surface area (Å²) in [5, 5.41) is 17.0. The Morgan fingerprint density at radius 2 is 2.00 bits per heavy atom. The van der Waals surface area contributed by atoms with E-state index in [9.17, 15) is 9.90 Å². The summed E-state index contributed by atoms with van der Waals surface area (Å²) in [6.45, 7) is 4.07. The molecular formula is C15H25N3O2. The molecule has 2 N–H and O–H groups in total. The van der Waals surface area contributed by atoms with Crippen molar-refractivity contribution in [3.63, 3.8) is 0 Å². The summed E-state index contributed by atoms with van der Waals surface area (Å²) in [4.78, 5) is 11.5. The molecule has 1 saturated carbocycles. The molecular weight excluding hydrogens is 254 g/mol. The minimum Gasteiger partial charge on any atom is -0.480 e. The molecule has 0 bridgehead atoms. The molecule has 1 aliphatic carbocycles. The van der Waals surface area contributed by atoms with Crippen molar-refractivity contribution in [1.29, 1.82) is 0 Å². The number of aliphatic carboxylic acids is 1. The Morgan fingerprint density at radius 3 is 2.50 bits per heavy atom. The van der Waals surface area contributed by atoms with E-state index in [1.165, 1.54) is 25.7 Å². The van der Waals surface area contributed by atoms with Crippen LogP contribution in [0.25, 0.3) is 0 Å². The molecule has 1 heterocycles. The van der Waals surface area contributed by atoms with E-state index in [4.69, 9.17) is 0 Å². The predicted octanol–water partition coefficient (Wildman–Crippen LogP) is 2.90. The zero-order valence-corrected chi connectivity index (χ0v) is 12.4. The van der Waals surface area contributed by atoms with Gasteiger partial charge in [-0.1, -0.05) is 25.7 Å². The number of rotatable bonds is 5. The Labute approximate surface area is 120 Å². The molecule has 0 spiro atoms. The molecule has 0 saturated heterocycles. The molecule has 5 nitrogen and oxygen atoms in total. The van der Waals surface area contributed by atoms with Crippen LogP contribution in [0.1, 0.15) is 70.0 Å². The van der Waals surface area contributed by atoms with Gasteiger partial charge in [0, 0.05) is 23.8 Å². The van der Waals surface area contributed by atoms with Crippen molar-refractivity contribution >= 4 is 5.97 Å². The van der Waals surface area contributed by atoms with E-state index in [-0.39, 0.29) is 6.04 Å². The van der Waals surface area contributed by atoms with Gasteiger partial charge in [0.1, 0.15) is 6.04 Å². The fraction of sp³-hybridized carbons (Fsp3) is 0.733. The zero-order chi connectivity index (χ0) is 14.5. The van der Waals surface area contributed by atoms with Crippen molar-refractivity contribution in [2.24, 2.45) is 0 Å². The van der Waals surface area contributed by atoms with Crippen LogP contribution in [0.5, 0.6) is 0 Å². The number of nitrogens with zero attached hydrogens (tertiary/aromatic N) is 2. The van der Waals surface area contributed by atoms with Crippen LogP contribution >= 0.6 is 0 Å². The largest absolute Gasteiger partial charge is 0.480 e. The number of carboxylic acid groups (broad SMARTS) is 1. The van der Waals surface area contributed by atoms with Crippen molar-refractivity contribution in [1.82, 2.24) is 15.1 Å². The van der Waals surface area contributed by atoms with Crippen molar-refractivity contribution in [3.8, 4) is 0 Å². The van der Waals surface area contributed by atoms with Crippen LogP contribution in [0.15, 0.2) is 12.4 Å². The number of hydrogen-bond donors (Lipinski definition) is 2. The van der Waals surface area contributed by atoms with Crippen molar-refractivity contribution in [2.45, 2.75) is 70.5 Å². The van der Waals surface area contributed by atoms with Gasteiger partial charge in [-0.3, -0.25) is 14.8 Å². The first-order chi connectivity index (χ1) is 9.58. The van der Waals surface area contributed by atoms with Gasteiger partial charge in [-0.15, -0.1) is 0 Å². The molecule has 1 atom stereocenters. The van der Waals surface area contributed by atoms with E-state index >= 15 is 0 Å². The lowest BCUT2D eigenvalue weighted by molar-refractivity contribution is -0.140. The number of carboxylic acids is 1. The SMILES string of the molecule is CC(C)n1cc(C(NC2CCCCCC2)C(=O)O)cn1. The van der Waals surface area contributed by atoms with Gasteiger partial charge in [-0.25, -0.2) is 0 Å². The van der Waals surface area contributed by atoms with Gasteiger partial charge in [0.15, 0.2) is 0 Å². The van der Waals surface area contributed by atoms with Crippen LogP contribution in [0.4, 0.5) is 0 Å². The third-order valence-corrected chi connectivity index (χ3v) is 3.99. The van der Waals surface area contributed by atoms with Crippen LogP contribution in [-0.4, -0.2) is 26.9 Å². The Hall–Kier alpha value is -1.36. The normalized spacial score (nSPS) is 18.9. The molecule has 0 aliphatic heterocycles. The highest BCUT2D eigenvalue weighted by Crippen LogP contribution is 2.22. The summed E-state index contributed by atoms with van der Waals surface area (Å²) in [5.41, 5.74) is 0.746. The van der Waals surface area contributed by atoms with E-state index in [0.29, 0.717) is 6.04 Å². The lowest BCUT2D eigenvalue weighted by atomic mass is 10.1. The predicted molar refractivity (Wildman–Crippen MR) is 77.6 cm³/mol. The molecule has 5 heteroatoms. The van der Waals surface area contributed by atoms with Gasteiger partial charge in [-0.05, 0) is 26.7 Å². The topological polar surface area (TPSA) is 67.2 Å². The lowest BCUT2D eigenvalue weighted by Gasteiger charge is -2.21. The minimum absolute atomic E-state index is 0.246. The second-order valence-corrected chi connectivity index (χ2v) is 5.97. The van der Waals surface area contributed by atoms with Crippen LogP contribution in [0.3, 0.4) is 0 Å². The van der Waals surface area contributed by atoms with Gasteiger partial charge in [0.2, 0.25) is 0 Å². The Kier molecular flexibility index (Phi) is 5.17. The third kappa shape index (κ3) is 3.82. The molecule has 0 aromatic carbocycles. The molecule has 1 aromatic heterocycles. The molecule has 0 amide bonds. The molecule has 0 radical (unpaired) electrons. The minimum atomic E-state index is -0.822. The third-order valence-electron chi connectivity index (χ3n) is 3.99. The molecule has 1 aromatic rings. The first-order valence-electron chi connectivity index (χ1n) is 7.61. The number of aromatic nitrogens is 2. The summed E-state index contributed by atoms with van der Waals surface area (Å²) >= 11 is 0. The molecule has 20 heavy (non-hydrogen) atoms. The highest BCUT2D eigenvalue weighted by atomic mass is 16.4. The Morgan fingerprint density at radius 1 is 1.35 bits per heavy atom. The maximum absolute atomic E-state index is 11.5. The zero-order valence-electron chi connectivity index (χ0n) is 12.4. The van der Waals surface area contributed by atoms with Crippen LogP contribution in [0, 0.1) is 0 Å². The highest BCUT2D eigenvalue weighted by Gasteiger charge is 2.25. The summed E-state index contributed by atoms with van der Waals surface area (Å²) < 4.78 is 1.81. The summed E-state index contributed by atoms with van der Waals surface area (Å²) in [5.74, 6) is -0.822. The molecule has 1 unspecified atom stereocenters. The fourth-order valence-electron chi connectivity index (χ4n) is 2.78. The molecule has 2 rings (SSSR count). The van der Waals surface area contributed by atoms with Gasteiger partial charge >= 0.3 is 5.97 Å². The second kappa shape index (κ2) is 6.88. The van der Waals surface area contributed by atoms with E-state index in [1.54, 1.807) is 10.9 Å². The smallest absolute Gasteiger partial charge is 0.325 e. The highest BCUT2D eigenvalue weighted by molar-refractivity contribution is 5.75. The fourth-order valence-corrected chi connectivity index (χ4v) is 2.78. The average molecular weight is 279 g/mol. The summed E-state index contributed by atoms with van der Waals surface area (Å²) in [7, 11) is 0. The van der Waals surface area contributed by atoms with Crippen LogP contribution in [0.2, 0.25) is 0 Å². The van der Waals surface area contributed by atoms with E-state index in [0.717, 1.165) is 18.4 Å². The number of nitrogens with one attached hydrogen (secondary N) is 1. The van der Waals surface area contributed by atoms with Gasteiger partial charge < -0.3 is 5.11 Å². The van der Waals surface area contributed by atoms with Crippen molar-refractivity contribution in [3.05, 3.63) is 18.0 Å². The second-order valence-electron chi connectivity index (χ2n) is 5.97. The monoisotopic (exact) mass is 279 g/mol. The molecule has 112 valence electrons. The number of hydrogen-bond acceptors (Lipinski definition) is 3. The summed E-state index contributed by atoms with van der Waals surface area (Å²) in [6, 6.07) is -0.0947. The van der Waals surface area contributed by atoms with E-state index < -0.39 is 12.0 Å². The average Bonchev–Trinajstić information content (AvgIpc) is 2.74. The molecule has 1 fully saturated rings. The van der Waals surface area contributed by atoms with E-state index in [2.05, 4.69) is 10.4 Å². The maximum atomic E-state index is 11.5. The Balaban J connectivity index is 2.07. The Bertz CT molecular complexity index is 434. The lowest BCUT2D eigenvalue weighted by Crippen LogP contribution is -2.36. The van der Waals surface area contributed by atoms with Gasteiger partial charge in [-0.2, -0.15) is 5.10 Å². The summed E-state index contributed by atoms with van der Waals surface area (Å²) in [6.07, 6.45) is 10.6. The maximum Gasteiger partial charge on any atom is 0.325 e. The van der Waals surface area contributed by atoms with E-state index in [1.807, 2.05) is 20.0 Å².